The van der Waals surface area contributed by atoms with Crippen molar-refractivity contribution in [3.63, 3.8) is 0 Å². The molecule has 2 amide bonds. The van der Waals surface area contributed by atoms with Crippen molar-refractivity contribution in [2.75, 3.05) is 25.1 Å². The summed E-state index contributed by atoms with van der Waals surface area (Å²) in [5.41, 5.74) is 0.520. The lowest BCUT2D eigenvalue weighted by molar-refractivity contribution is -0.137. The highest BCUT2D eigenvalue weighted by Crippen LogP contribution is 2.34. The van der Waals surface area contributed by atoms with E-state index in [-0.39, 0.29) is 69.3 Å². The second kappa shape index (κ2) is 14.1. The van der Waals surface area contributed by atoms with Gasteiger partial charge in [-0.3, -0.25) is 14.4 Å². The van der Waals surface area contributed by atoms with Gasteiger partial charge in [0.2, 0.25) is 17.0 Å². The Kier molecular flexibility index (Phi) is 9.94. The molecule has 4 aromatic rings. The summed E-state index contributed by atoms with van der Waals surface area (Å²) in [6.45, 7) is 5.59. The number of benzene rings is 1. The van der Waals surface area contributed by atoms with Gasteiger partial charge in [0, 0.05) is 18.3 Å². The smallest absolute Gasteiger partial charge is 0.416 e. The van der Waals surface area contributed by atoms with Gasteiger partial charge in [0.05, 0.1) is 40.7 Å². The number of carbonyl (C=O) groups excluding carboxylic acids is 2. The number of amides is 2. The monoisotopic (exact) mass is 746 g/mol. The molecule has 0 spiro atoms. The molecule has 1 fully saturated rings. The molecule has 5 heterocycles. The molecule has 0 saturated carbocycles. The van der Waals surface area contributed by atoms with Crippen molar-refractivity contribution in [1.29, 1.82) is 0 Å². The van der Waals surface area contributed by atoms with E-state index in [1.54, 1.807) is 13.0 Å². The number of nitrogens with one attached hydrogen (secondary N) is 1. The van der Waals surface area contributed by atoms with Gasteiger partial charge in [-0.05, 0) is 80.1 Å². The predicted molar refractivity (Wildman–Crippen MR) is 182 cm³/mol. The predicted octanol–water partition coefficient (Wildman–Crippen LogP) is 5.34. The summed E-state index contributed by atoms with van der Waals surface area (Å²) in [6, 6.07) is 2.26. The van der Waals surface area contributed by atoms with E-state index in [9.17, 15) is 32.7 Å². The van der Waals surface area contributed by atoms with E-state index in [2.05, 4.69) is 25.4 Å². The van der Waals surface area contributed by atoms with Gasteiger partial charge in [0.15, 0.2) is 17.3 Å². The maximum Gasteiger partial charge on any atom is 0.416 e. The standard InChI is InChI=1S/C33H31Cl2F3N8O5/c1-4-24-21(12-18-11-16(2)44(14-18)30(50)26-27(48)17(3)39-31(35)41-26)29(49)46-32(42-28(43-46)19-7-9-51-10-8-19)45(24)15-25(47)40-23-6-5-20(13-22(23)34)33(36,37)38/h5-7,12-13,16,48H,4,8-11,14-15H2,1-3H3,(H,40,47). The number of fused-ring (bicyclic) bond motifs is 1. The number of aryl methyl sites for hydroxylation is 1. The number of nitrogens with zero attached hydrogens (tertiary/aromatic N) is 7. The molecular formula is C33H31Cl2F3N8O5. The number of anilines is 1. The number of aromatic nitrogens is 6. The molecule has 1 atom stereocenters. The second-order valence-electron chi connectivity index (χ2n) is 12.1. The first-order valence-electron chi connectivity index (χ1n) is 15.9. The zero-order valence-electron chi connectivity index (χ0n) is 27.5. The Balaban J connectivity index is 1.40. The number of likely N-dealkylation sites (tertiary alicyclic amines) is 1. The van der Waals surface area contributed by atoms with Crippen LogP contribution in [0.1, 0.15) is 65.5 Å². The highest BCUT2D eigenvalue weighted by atomic mass is 35.5. The van der Waals surface area contributed by atoms with Crippen molar-refractivity contribution >= 4 is 58.1 Å². The van der Waals surface area contributed by atoms with Crippen LogP contribution in [0, 0.1) is 6.92 Å². The Bertz CT molecular complexity index is 2200. The molecule has 6 rings (SSSR count). The number of hydrogen-bond donors (Lipinski definition) is 2. The molecule has 0 radical (unpaired) electrons. The molecule has 3 aromatic heterocycles. The van der Waals surface area contributed by atoms with Gasteiger partial charge in [0.1, 0.15) is 6.54 Å². The minimum Gasteiger partial charge on any atom is -0.504 e. The van der Waals surface area contributed by atoms with Gasteiger partial charge in [-0.15, -0.1) is 5.10 Å². The molecule has 13 nitrogen and oxygen atoms in total. The van der Waals surface area contributed by atoms with Gasteiger partial charge in [-0.1, -0.05) is 24.6 Å². The fourth-order valence-electron chi connectivity index (χ4n) is 6.13. The Labute approximate surface area is 298 Å². The summed E-state index contributed by atoms with van der Waals surface area (Å²) in [4.78, 5) is 55.0. The summed E-state index contributed by atoms with van der Waals surface area (Å²) in [5, 5.41) is 17.1. The molecular weight excluding hydrogens is 716 g/mol. The zero-order valence-corrected chi connectivity index (χ0v) is 29.0. The summed E-state index contributed by atoms with van der Waals surface area (Å²) in [7, 11) is 0. The maximum absolute atomic E-state index is 14.1. The molecule has 0 aliphatic carbocycles. The van der Waals surface area contributed by atoms with Gasteiger partial charge < -0.3 is 24.6 Å². The summed E-state index contributed by atoms with van der Waals surface area (Å²) in [6.07, 6.45) is 0.00996. The lowest BCUT2D eigenvalue weighted by Gasteiger charge is -2.21. The number of aromatic hydroxyl groups is 1. The fraction of sp³-hybridized carbons (Fsp3) is 0.364. The van der Waals surface area contributed by atoms with E-state index in [0.29, 0.717) is 37.3 Å². The first kappa shape index (κ1) is 36.0. The highest BCUT2D eigenvalue weighted by molar-refractivity contribution is 6.33. The van der Waals surface area contributed by atoms with Gasteiger partial charge >= 0.3 is 6.18 Å². The first-order chi connectivity index (χ1) is 24.2. The number of halogens is 5. The number of rotatable bonds is 7. The van der Waals surface area contributed by atoms with Crippen LogP contribution in [0.5, 0.6) is 5.75 Å². The maximum atomic E-state index is 14.1. The van der Waals surface area contributed by atoms with Crippen LogP contribution < -0.4 is 10.9 Å². The highest BCUT2D eigenvalue weighted by Gasteiger charge is 2.34. The Morgan fingerprint density at radius 1 is 1.20 bits per heavy atom. The van der Waals surface area contributed by atoms with E-state index >= 15 is 0 Å². The topological polar surface area (TPSA) is 157 Å². The third-order valence-corrected chi connectivity index (χ3v) is 9.14. The van der Waals surface area contributed by atoms with Gasteiger partial charge in [-0.25, -0.2) is 9.97 Å². The van der Waals surface area contributed by atoms with Crippen LogP contribution in [0.3, 0.4) is 0 Å². The molecule has 1 aromatic carbocycles. The Hall–Kier alpha value is -4.80. The van der Waals surface area contributed by atoms with Gasteiger partial charge in [-0.2, -0.15) is 22.7 Å². The van der Waals surface area contributed by atoms with E-state index in [4.69, 9.17) is 27.9 Å². The lowest BCUT2D eigenvalue weighted by atomic mass is 10.1. The summed E-state index contributed by atoms with van der Waals surface area (Å²) < 4.78 is 47.6. The van der Waals surface area contributed by atoms with Crippen molar-refractivity contribution in [1.82, 2.24) is 34.0 Å². The molecule has 18 heteroatoms. The molecule has 1 unspecified atom stereocenters. The minimum atomic E-state index is -4.62. The largest absolute Gasteiger partial charge is 0.504 e. The normalized spacial score (nSPS) is 17.3. The molecule has 51 heavy (non-hydrogen) atoms. The number of alkyl halides is 3. The zero-order chi connectivity index (χ0) is 36.8. The SMILES string of the molecule is CCc1c(C=C2CC(C)N(C(=O)c3nc(Cl)nc(C)c3O)C2)c(=O)n2nc(C3=CCOCC3)nc2n1CC(=O)Nc1ccc(C(F)(F)F)cc1Cl. The summed E-state index contributed by atoms with van der Waals surface area (Å²) in [5.74, 6) is -1.22. The quantitative estimate of drug-likeness (QED) is 0.238. The first-order valence-corrected chi connectivity index (χ1v) is 16.6. The van der Waals surface area contributed by atoms with Crippen molar-refractivity contribution in [3.05, 3.63) is 84.5 Å². The number of carbonyl (C=O) groups is 2. The molecule has 2 N–H and O–H groups in total. The van der Waals surface area contributed by atoms with Crippen molar-refractivity contribution in [2.24, 2.45) is 0 Å². The third-order valence-electron chi connectivity index (χ3n) is 8.65. The van der Waals surface area contributed by atoms with Crippen LogP contribution in [0.15, 0.2) is 34.6 Å². The second-order valence-corrected chi connectivity index (χ2v) is 12.9. The van der Waals surface area contributed by atoms with Crippen LogP contribution >= 0.6 is 23.2 Å². The molecule has 1 saturated heterocycles. The third kappa shape index (κ3) is 7.21. The minimum absolute atomic E-state index is 0.0300. The number of hydrogen-bond acceptors (Lipinski definition) is 9. The lowest BCUT2D eigenvalue weighted by Crippen LogP contribution is -2.34. The summed E-state index contributed by atoms with van der Waals surface area (Å²) >= 11 is 12.1. The van der Waals surface area contributed by atoms with Crippen molar-refractivity contribution in [3.8, 4) is 5.75 Å². The van der Waals surface area contributed by atoms with Crippen LogP contribution in [0.4, 0.5) is 18.9 Å². The molecule has 0 bridgehead atoms. The van der Waals surface area contributed by atoms with Crippen LogP contribution in [0.2, 0.25) is 10.3 Å². The van der Waals surface area contributed by atoms with E-state index in [1.807, 2.05) is 13.0 Å². The molecule has 2 aliphatic rings. The van der Waals surface area contributed by atoms with E-state index in [1.165, 1.54) is 16.4 Å². The van der Waals surface area contributed by atoms with Crippen LogP contribution in [-0.4, -0.2) is 76.8 Å². The molecule has 268 valence electrons. The average molecular weight is 748 g/mol. The van der Waals surface area contributed by atoms with Crippen LogP contribution in [0.25, 0.3) is 17.4 Å². The number of ether oxygens (including phenoxy) is 1. The van der Waals surface area contributed by atoms with Crippen LogP contribution in [-0.2, 0) is 28.7 Å². The Morgan fingerprint density at radius 3 is 2.63 bits per heavy atom. The van der Waals surface area contributed by atoms with E-state index in [0.717, 1.165) is 28.3 Å². The van der Waals surface area contributed by atoms with Crippen molar-refractivity contribution < 1.29 is 32.6 Å². The van der Waals surface area contributed by atoms with Gasteiger partial charge in [0.25, 0.3) is 11.5 Å². The van der Waals surface area contributed by atoms with Crippen molar-refractivity contribution in [2.45, 2.75) is 58.8 Å². The van der Waals surface area contributed by atoms with E-state index < -0.39 is 35.7 Å². The average Bonchev–Trinajstić information content (AvgIpc) is 3.69. The Morgan fingerprint density at radius 2 is 1.96 bits per heavy atom. The molecule has 2 aliphatic heterocycles. The fourth-order valence-corrected chi connectivity index (χ4v) is 6.57.